The molecular weight excluding hydrogens is 172 g/mol. The maximum absolute atomic E-state index is 9.44. The molecule has 2 saturated heterocycles. The van der Waals surface area contributed by atoms with E-state index in [9.17, 15) is 4.79 Å². The van der Waals surface area contributed by atoms with E-state index in [1.165, 1.54) is 13.8 Å². The van der Waals surface area contributed by atoms with Gasteiger partial charge in [-0.15, -0.1) is 0 Å². The average Bonchev–Trinajstić information content (AvgIpc) is 2.78. The molecule has 0 saturated carbocycles. The highest BCUT2D eigenvalue weighted by Crippen LogP contribution is 2.12. The minimum atomic E-state index is 0.167. The van der Waals surface area contributed by atoms with Crippen LogP contribution in [0.5, 0.6) is 0 Å². The Kier molecular flexibility index (Phi) is 4.35. The normalized spacial score (nSPS) is 28.8. The van der Waals surface area contributed by atoms with Crippen molar-refractivity contribution in [3.63, 3.8) is 0 Å². The maximum atomic E-state index is 9.44. The first-order chi connectivity index (χ1) is 6.18. The summed E-state index contributed by atoms with van der Waals surface area (Å²) in [5.41, 5.74) is 0. The second-order valence-electron chi connectivity index (χ2n) is 3.36. The number of carbonyl (C=O) groups is 1. The van der Waals surface area contributed by atoms with Gasteiger partial charge >= 0.3 is 0 Å². The molecule has 0 aliphatic carbocycles. The monoisotopic (exact) mass is 188 g/mol. The third-order valence-electron chi connectivity index (χ3n) is 1.41. The van der Waals surface area contributed by atoms with Gasteiger partial charge in [-0.2, -0.15) is 0 Å². The number of Topliss-reactive ketones (excluding diaryl/α,β-unsaturated/α-hetero) is 1. The summed E-state index contributed by atoms with van der Waals surface area (Å²) in [5, 5.41) is 0. The summed E-state index contributed by atoms with van der Waals surface area (Å²) in [6, 6.07) is 0. The van der Waals surface area contributed by atoms with Gasteiger partial charge in [-0.25, -0.2) is 0 Å². The molecular formula is C9H16O4. The van der Waals surface area contributed by atoms with Crippen LogP contribution in [0, 0.1) is 0 Å². The highest BCUT2D eigenvalue weighted by Gasteiger charge is 2.26. The minimum Gasteiger partial charge on any atom is -0.376 e. The van der Waals surface area contributed by atoms with Crippen molar-refractivity contribution in [2.45, 2.75) is 26.1 Å². The standard InChI is InChI=1S/C6H10O3.C3H6O/c1(5-3-8-5)7-2-6-4-9-6;1-3(2)4/h5-6H,1-4H2;1-2H3. The molecule has 2 heterocycles. The second-order valence-corrected chi connectivity index (χ2v) is 3.36. The second kappa shape index (κ2) is 5.32. The van der Waals surface area contributed by atoms with E-state index in [2.05, 4.69) is 0 Å². The molecule has 2 aliphatic heterocycles. The Morgan fingerprint density at radius 1 is 1.23 bits per heavy atom. The van der Waals surface area contributed by atoms with Gasteiger partial charge in [0.2, 0.25) is 0 Å². The van der Waals surface area contributed by atoms with Gasteiger partial charge < -0.3 is 19.0 Å². The van der Waals surface area contributed by atoms with E-state index < -0.39 is 0 Å². The van der Waals surface area contributed by atoms with Gasteiger partial charge in [0.1, 0.15) is 18.0 Å². The largest absolute Gasteiger partial charge is 0.376 e. The first-order valence-electron chi connectivity index (χ1n) is 4.46. The van der Waals surface area contributed by atoms with E-state index in [4.69, 9.17) is 14.2 Å². The van der Waals surface area contributed by atoms with Crippen molar-refractivity contribution in [2.24, 2.45) is 0 Å². The summed E-state index contributed by atoms with van der Waals surface area (Å²) >= 11 is 0. The molecule has 0 aromatic heterocycles. The number of hydrogen-bond donors (Lipinski definition) is 0. The predicted molar refractivity (Wildman–Crippen MR) is 46.7 cm³/mol. The van der Waals surface area contributed by atoms with E-state index in [1.807, 2.05) is 0 Å². The van der Waals surface area contributed by atoms with Crippen LogP contribution in [0.2, 0.25) is 0 Å². The molecule has 2 rings (SSSR count). The summed E-state index contributed by atoms with van der Waals surface area (Å²) < 4.78 is 15.1. The fourth-order valence-electron chi connectivity index (χ4n) is 0.659. The van der Waals surface area contributed by atoms with Crippen molar-refractivity contribution in [1.29, 1.82) is 0 Å². The topological polar surface area (TPSA) is 51.4 Å². The summed E-state index contributed by atoms with van der Waals surface area (Å²) in [5.74, 6) is 0.167. The molecule has 2 aliphatic rings. The van der Waals surface area contributed by atoms with Crippen molar-refractivity contribution in [2.75, 3.05) is 26.4 Å². The van der Waals surface area contributed by atoms with Gasteiger partial charge in [-0.05, 0) is 13.8 Å². The van der Waals surface area contributed by atoms with Crippen LogP contribution in [-0.4, -0.2) is 44.4 Å². The van der Waals surface area contributed by atoms with Crippen LogP contribution in [0.25, 0.3) is 0 Å². The molecule has 0 N–H and O–H groups in total. The number of epoxide rings is 2. The van der Waals surface area contributed by atoms with Crippen molar-refractivity contribution in [1.82, 2.24) is 0 Å². The SMILES string of the molecule is C(OCC1CO1)C1CO1.CC(C)=O. The van der Waals surface area contributed by atoms with Gasteiger partial charge in [-0.3, -0.25) is 0 Å². The predicted octanol–water partition coefficient (Wildman–Crippen LogP) is 0.396. The Labute approximate surface area is 78.2 Å². The van der Waals surface area contributed by atoms with Crippen LogP contribution in [0.3, 0.4) is 0 Å². The van der Waals surface area contributed by atoms with E-state index in [1.54, 1.807) is 0 Å². The molecule has 0 aromatic carbocycles. The Hall–Kier alpha value is -0.450. The third kappa shape index (κ3) is 7.90. The van der Waals surface area contributed by atoms with Gasteiger partial charge in [-0.1, -0.05) is 0 Å². The van der Waals surface area contributed by atoms with Gasteiger partial charge in [0.25, 0.3) is 0 Å². The zero-order valence-electron chi connectivity index (χ0n) is 8.12. The van der Waals surface area contributed by atoms with E-state index in [-0.39, 0.29) is 5.78 Å². The van der Waals surface area contributed by atoms with E-state index in [0.717, 1.165) is 26.4 Å². The van der Waals surface area contributed by atoms with E-state index in [0.29, 0.717) is 12.2 Å². The van der Waals surface area contributed by atoms with Crippen molar-refractivity contribution in [3.8, 4) is 0 Å². The lowest BCUT2D eigenvalue weighted by molar-refractivity contribution is -0.114. The Bertz CT molecular complexity index is 145. The lowest BCUT2D eigenvalue weighted by Crippen LogP contribution is -2.06. The zero-order chi connectivity index (χ0) is 9.68. The average molecular weight is 188 g/mol. The Balaban J connectivity index is 0.000000184. The number of hydrogen-bond acceptors (Lipinski definition) is 4. The smallest absolute Gasteiger partial charge is 0.126 e. The van der Waals surface area contributed by atoms with Crippen LogP contribution < -0.4 is 0 Å². The van der Waals surface area contributed by atoms with Gasteiger partial charge in [0.15, 0.2) is 0 Å². The summed E-state index contributed by atoms with van der Waals surface area (Å²) in [6.07, 6.45) is 0.785. The molecule has 0 bridgehead atoms. The fraction of sp³-hybridized carbons (Fsp3) is 0.889. The minimum absolute atomic E-state index is 0.167. The summed E-state index contributed by atoms with van der Waals surface area (Å²) in [4.78, 5) is 9.44. The number of carbonyl (C=O) groups excluding carboxylic acids is 1. The molecule has 4 heteroatoms. The Morgan fingerprint density at radius 3 is 1.77 bits per heavy atom. The molecule has 0 amide bonds. The first kappa shape index (κ1) is 10.6. The van der Waals surface area contributed by atoms with Crippen LogP contribution in [-0.2, 0) is 19.0 Å². The molecule has 2 atom stereocenters. The zero-order valence-corrected chi connectivity index (χ0v) is 8.12. The fourth-order valence-corrected chi connectivity index (χ4v) is 0.659. The van der Waals surface area contributed by atoms with Crippen molar-refractivity contribution < 1.29 is 19.0 Å². The summed E-state index contributed by atoms with van der Waals surface area (Å²) in [7, 11) is 0. The van der Waals surface area contributed by atoms with Crippen molar-refractivity contribution >= 4 is 5.78 Å². The molecule has 0 aromatic rings. The van der Waals surface area contributed by atoms with Gasteiger partial charge in [0, 0.05) is 0 Å². The first-order valence-corrected chi connectivity index (χ1v) is 4.46. The highest BCUT2D eigenvalue weighted by atomic mass is 16.6. The van der Waals surface area contributed by atoms with Crippen LogP contribution in [0.15, 0.2) is 0 Å². The highest BCUT2D eigenvalue weighted by molar-refractivity contribution is 5.72. The van der Waals surface area contributed by atoms with Crippen LogP contribution >= 0.6 is 0 Å². The molecule has 0 spiro atoms. The lowest BCUT2D eigenvalue weighted by Gasteiger charge is -1.95. The van der Waals surface area contributed by atoms with Gasteiger partial charge in [0.05, 0.1) is 26.4 Å². The lowest BCUT2D eigenvalue weighted by atomic mass is 10.5. The molecule has 4 nitrogen and oxygen atoms in total. The molecule has 2 fully saturated rings. The quantitative estimate of drug-likeness (QED) is 0.599. The third-order valence-corrected chi connectivity index (χ3v) is 1.41. The molecule has 2 unspecified atom stereocenters. The van der Waals surface area contributed by atoms with Crippen LogP contribution in [0.4, 0.5) is 0 Å². The number of ketones is 1. The van der Waals surface area contributed by atoms with Crippen molar-refractivity contribution in [3.05, 3.63) is 0 Å². The number of ether oxygens (including phenoxy) is 3. The maximum Gasteiger partial charge on any atom is 0.126 e. The Morgan fingerprint density at radius 2 is 1.54 bits per heavy atom. The van der Waals surface area contributed by atoms with E-state index >= 15 is 0 Å². The summed E-state index contributed by atoms with van der Waals surface area (Å²) in [6.45, 7) is 6.32. The molecule has 0 radical (unpaired) electrons. The van der Waals surface area contributed by atoms with Crippen LogP contribution in [0.1, 0.15) is 13.8 Å². The molecule has 76 valence electrons. The number of rotatable bonds is 4. The molecule has 13 heavy (non-hydrogen) atoms.